The van der Waals surface area contributed by atoms with Gasteiger partial charge in [-0.25, -0.2) is 4.90 Å². The minimum Gasteiger partial charge on any atom is -0.494 e. The SMILES string of the molecule is CCCOc1ccc(C2=C(N(C)CCO)C(=O)N(c3ccc(Cl)cc3C)C2=O)cc1. The summed E-state index contributed by atoms with van der Waals surface area (Å²) < 4.78 is 5.62. The van der Waals surface area contributed by atoms with Gasteiger partial charge in [0.25, 0.3) is 11.8 Å². The van der Waals surface area contributed by atoms with Gasteiger partial charge in [0.15, 0.2) is 0 Å². The van der Waals surface area contributed by atoms with Gasteiger partial charge in [0.05, 0.1) is 24.5 Å². The summed E-state index contributed by atoms with van der Waals surface area (Å²) in [5.41, 5.74) is 2.38. The molecule has 0 bridgehead atoms. The van der Waals surface area contributed by atoms with Crippen molar-refractivity contribution in [3.05, 3.63) is 64.3 Å². The normalized spacial score (nSPS) is 14.0. The number of amides is 2. The fraction of sp³-hybridized carbons (Fsp3) is 0.304. The molecule has 2 aromatic rings. The Hall–Kier alpha value is -2.83. The van der Waals surface area contributed by atoms with E-state index in [1.54, 1.807) is 61.3 Å². The second kappa shape index (κ2) is 9.32. The van der Waals surface area contributed by atoms with Gasteiger partial charge in [0.2, 0.25) is 0 Å². The number of anilines is 1. The molecule has 0 saturated heterocycles. The number of nitrogens with zero attached hydrogens (tertiary/aromatic N) is 2. The first-order valence-corrected chi connectivity index (χ1v) is 10.2. The van der Waals surface area contributed by atoms with Gasteiger partial charge < -0.3 is 14.7 Å². The number of aliphatic hydroxyl groups excluding tert-OH is 1. The molecule has 1 aliphatic heterocycles. The lowest BCUT2D eigenvalue weighted by atomic mass is 10.0. The van der Waals surface area contributed by atoms with E-state index in [1.807, 2.05) is 6.92 Å². The minimum atomic E-state index is -0.428. The molecule has 0 atom stereocenters. The zero-order valence-electron chi connectivity index (χ0n) is 17.3. The fourth-order valence-corrected chi connectivity index (χ4v) is 3.65. The minimum absolute atomic E-state index is 0.140. The average Bonchev–Trinajstić information content (AvgIpc) is 2.97. The molecule has 7 heteroatoms. The molecular formula is C23H25ClN2O4. The van der Waals surface area contributed by atoms with Crippen molar-refractivity contribution in [2.75, 3.05) is 31.7 Å². The van der Waals surface area contributed by atoms with Crippen LogP contribution in [0.3, 0.4) is 0 Å². The third kappa shape index (κ3) is 4.20. The Bertz CT molecular complexity index is 985. The van der Waals surface area contributed by atoms with E-state index in [9.17, 15) is 14.7 Å². The molecular weight excluding hydrogens is 404 g/mol. The van der Waals surface area contributed by atoms with E-state index in [0.29, 0.717) is 34.2 Å². The summed E-state index contributed by atoms with van der Waals surface area (Å²) in [4.78, 5) is 29.5. The number of hydrogen-bond acceptors (Lipinski definition) is 5. The molecule has 1 N–H and O–H groups in total. The largest absolute Gasteiger partial charge is 0.494 e. The van der Waals surface area contributed by atoms with Crippen LogP contribution in [0.5, 0.6) is 5.75 Å². The smallest absolute Gasteiger partial charge is 0.282 e. The second-order valence-electron chi connectivity index (χ2n) is 7.12. The second-order valence-corrected chi connectivity index (χ2v) is 7.55. The molecule has 0 radical (unpaired) electrons. The Morgan fingerprint density at radius 3 is 2.40 bits per heavy atom. The van der Waals surface area contributed by atoms with Crippen LogP contribution in [0, 0.1) is 6.92 Å². The van der Waals surface area contributed by atoms with Crippen molar-refractivity contribution >= 4 is 34.7 Å². The Balaban J connectivity index is 2.06. The molecule has 0 aromatic heterocycles. The van der Waals surface area contributed by atoms with Gasteiger partial charge in [-0.2, -0.15) is 0 Å². The van der Waals surface area contributed by atoms with E-state index in [0.717, 1.165) is 12.0 Å². The predicted molar refractivity (Wildman–Crippen MR) is 118 cm³/mol. The number of rotatable bonds is 8. The first kappa shape index (κ1) is 21.9. The van der Waals surface area contributed by atoms with Crippen molar-refractivity contribution in [3.8, 4) is 5.75 Å². The zero-order valence-corrected chi connectivity index (χ0v) is 18.1. The summed E-state index contributed by atoms with van der Waals surface area (Å²) in [6.45, 7) is 4.52. The number of carbonyl (C=O) groups excluding carboxylic acids is 2. The number of aliphatic hydroxyl groups is 1. The number of likely N-dealkylation sites (N-methyl/N-ethyl adjacent to an activating group) is 1. The number of imide groups is 1. The third-order valence-electron chi connectivity index (χ3n) is 4.89. The van der Waals surface area contributed by atoms with E-state index < -0.39 is 11.8 Å². The molecule has 6 nitrogen and oxygen atoms in total. The van der Waals surface area contributed by atoms with Gasteiger partial charge >= 0.3 is 0 Å². The maximum atomic E-state index is 13.4. The van der Waals surface area contributed by atoms with Gasteiger partial charge in [-0.15, -0.1) is 0 Å². The van der Waals surface area contributed by atoms with E-state index in [2.05, 4.69) is 0 Å². The molecule has 158 valence electrons. The Morgan fingerprint density at radius 2 is 1.80 bits per heavy atom. The summed E-state index contributed by atoms with van der Waals surface area (Å²) in [6, 6.07) is 12.2. The Labute approximate surface area is 181 Å². The molecule has 3 rings (SSSR count). The molecule has 0 spiro atoms. The van der Waals surface area contributed by atoms with Crippen LogP contribution in [0.2, 0.25) is 5.02 Å². The summed E-state index contributed by atoms with van der Waals surface area (Å²) in [6.07, 6.45) is 0.894. The van der Waals surface area contributed by atoms with E-state index >= 15 is 0 Å². The van der Waals surface area contributed by atoms with Crippen molar-refractivity contribution in [2.24, 2.45) is 0 Å². The number of hydrogen-bond donors (Lipinski definition) is 1. The number of benzene rings is 2. The lowest BCUT2D eigenvalue weighted by Gasteiger charge is -2.21. The standard InChI is InChI=1S/C23H25ClN2O4/c1-4-13-30-18-8-5-16(6-9-18)20-21(25(3)11-12-27)23(29)26(22(20)28)19-10-7-17(24)14-15(19)2/h5-10,14,27H,4,11-13H2,1-3H3. The fourth-order valence-electron chi connectivity index (χ4n) is 3.42. The van der Waals surface area contributed by atoms with Gasteiger partial charge in [-0.3, -0.25) is 9.59 Å². The van der Waals surface area contributed by atoms with Gasteiger partial charge in [0, 0.05) is 18.6 Å². The maximum absolute atomic E-state index is 13.4. The lowest BCUT2D eigenvalue weighted by Crippen LogP contribution is -2.35. The third-order valence-corrected chi connectivity index (χ3v) is 5.13. The molecule has 1 heterocycles. The maximum Gasteiger partial charge on any atom is 0.282 e. The van der Waals surface area contributed by atoms with E-state index in [-0.39, 0.29) is 18.8 Å². The first-order valence-electron chi connectivity index (χ1n) is 9.83. The van der Waals surface area contributed by atoms with Crippen LogP contribution >= 0.6 is 11.6 Å². The number of carbonyl (C=O) groups is 2. The molecule has 0 fully saturated rings. The molecule has 1 aliphatic rings. The Kier molecular flexibility index (Phi) is 6.80. The monoisotopic (exact) mass is 428 g/mol. The zero-order chi connectivity index (χ0) is 21.8. The van der Waals surface area contributed by atoms with Crippen molar-refractivity contribution in [3.63, 3.8) is 0 Å². The number of aryl methyl sites for hydroxylation is 1. The molecule has 0 saturated carbocycles. The van der Waals surface area contributed by atoms with Crippen LogP contribution in [0.4, 0.5) is 5.69 Å². The van der Waals surface area contributed by atoms with Crippen LogP contribution in [-0.4, -0.2) is 48.6 Å². The molecule has 0 unspecified atom stereocenters. The van der Waals surface area contributed by atoms with Crippen molar-refractivity contribution in [1.29, 1.82) is 0 Å². The number of halogens is 1. The summed E-state index contributed by atoms with van der Waals surface area (Å²) in [7, 11) is 1.69. The van der Waals surface area contributed by atoms with Crippen molar-refractivity contribution < 1.29 is 19.4 Å². The highest BCUT2D eigenvalue weighted by Crippen LogP contribution is 2.36. The molecule has 2 aromatic carbocycles. The van der Waals surface area contributed by atoms with Crippen LogP contribution in [0.25, 0.3) is 5.57 Å². The highest BCUT2D eigenvalue weighted by molar-refractivity contribution is 6.45. The van der Waals surface area contributed by atoms with Crippen LogP contribution in [-0.2, 0) is 9.59 Å². The quantitative estimate of drug-likeness (QED) is 0.650. The highest BCUT2D eigenvalue weighted by Gasteiger charge is 2.42. The topological polar surface area (TPSA) is 70.1 Å². The summed E-state index contributed by atoms with van der Waals surface area (Å²) in [5.74, 6) is -0.135. The molecule has 2 amide bonds. The van der Waals surface area contributed by atoms with Crippen LogP contribution < -0.4 is 9.64 Å². The molecule has 0 aliphatic carbocycles. The van der Waals surface area contributed by atoms with E-state index in [4.69, 9.17) is 16.3 Å². The Morgan fingerprint density at radius 1 is 1.10 bits per heavy atom. The van der Waals surface area contributed by atoms with Crippen LogP contribution in [0.15, 0.2) is 48.2 Å². The number of ether oxygens (including phenoxy) is 1. The van der Waals surface area contributed by atoms with Gasteiger partial charge in [-0.05, 0) is 54.8 Å². The van der Waals surface area contributed by atoms with Crippen molar-refractivity contribution in [2.45, 2.75) is 20.3 Å². The van der Waals surface area contributed by atoms with Crippen LogP contribution in [0.1, 0.15) is 24.5 Å². The summed E-state index contributed by atoms with van der Waals surface area (Å²) >= 11 is 6.05. The van der Waals surface area contributed by atoms with Gasteiger partial charge in [0.1, 0.15) is 11.4 Å². The van der Waals surface area contributed by atoms with E-state index in [1.165, 1.54) is 4.90 Å². The highest BCUT2D eigenvalue weighted by atomic mass is 35.5. The molecule has 30 heavy (non-hydrogen) atoms. The average molecular weight is 429 g/mol. The summed E-state index contributed by atoms with van der Waals surface area (Å²) in [5, 5.41) is 9.91. The first-order chi connectivity index (χ1) is 14.4. The van der Waals surface area contributed by atoms with Crippen molar-refractivity contribution in [1.82, 2.24) is 4.90 Å². The van der Waals surface area contributed by atoms with Gasteiger partial charge in [-0.1, -0.05) is 30.7 Å². The lowest BCUT2D eigenvalue weighted by molar-refractivity contribution is -0.120. The predicted octanol–water partition coefficient (Wildman–Crippen LogP) is 3.65.